The SMILES string of the molecule is Cl.O=C(NC1CCOc2ccccc21)[C@@H]1CCCCN1. The van der Waals surface area contributed by atoms with Gasteiger partial charge in [-0.1, -0.05) is 24.6 Å². The first-order valence-corrected chi connectivity index (χ1v) is 7.10. The van der Waals surface area contributed by atoms with Crippen molar-refractivity contribution in [1.82, 2.24) is 10.6 Å². The molecule has 2 heterocycles. The molecule has 1 saturated heterocycles. The Morgan fingerprint density at radius 2 is 2.10 bits per heavy atom. The van der Waals surface area contributed by atoms with Crippen molar-refractivity contribution in [3.05, 3.63) is 29.8 Å². The lowest BCUT2D eigenvalue weighted by Crippen LogP contribution is -2.48. The monoisotopic (exact) mass is 296 g/mol. The Bertz CT molecular complexity index is 461. The highest BCUT2D eigenvalue weighted by atomic mass is 35.5. The molecule has 0 aliphatic carbocycles. The molecule has 2 aliphatic rings. The summed E-state index contributed by atoms with van der Waals surface area (Å²) < 4.78 is 5.61. The number of para-hydroxylation sites is 1. The number of benzene rings is 1. The van der Waals surface area contributed by atoms with Gasteiger partial charge in [-0.05, 0) is 25.5 Å². The molecular formula is C15H21ClN2O2. The molecule has 4 nitrogen and oxygen atoms in total. The van der Waals surface area contributed by atoms with Crippen molar-refractivity contribution in [3.8, 4) is 5.75 Å². The number of amides is 1. The van der Waals surface area contributed by atoms with Crippen LogP contribution in [0.4, 0.5) is 0 Å². The predicted molar refractivity (Wildman–Crippen MR) is 80.3 cm³/mol. The fourth-order valence-corrected chi connectivity index (χ4v) is 2.84. The van der Waals surface area contributed by atoms with Crippen LogP contribution in [0.5, 0.6) is 5.75 Å². The van der Waals surface area contributed by atoms with Crippen molar-refractivity contribution >= 4 is 18.3 Å². The molecule has 110 valence electrons. The van der Waals surface area contributed by atoms with Gasteiger partial charge < -0.3 is 15.4 Å². The van der Waals surface area contributed by atoms with E-state index in [-0.39, 0.29) is 30.4 Å². The number of hydrogen-bond donors (Lipinski definition) is 2. The Hall–Kier alpha value is -1.26. The van der Waals surface area contributed by atoms with Gasteiger partial charge in [0.15, 0.2) is 0 Å². The molecule has 1 fully saturated rings. The molecule has 0 bridgehead atoms. The van der Waals surface area contributed by atoms with E-state index in [4.69, 9.17) is 4.74 Å². The molecule has 1 unspecified atom stereocenters. The molecule has 0 aromatic heterocycles. The van der Waals surface area contributed by atoms with Crippen LogP contribution in [0.15, 0.2) is 24.3 Å². The van der Waals surface area contributed by atoms with Gasteiger partial charge in [0.05, 0.1) is 18.7 Å². The first-order chi connectivity index (χ1) is 9.34. The van der Waals surface area contributed by atoms with Crippen LogP contribution in [0.1, 0.15) is 37.3 Å². The molecule has 2 aliphatic heterocycles. The third-order valence-corrected chi connectivity index (χ3v) is 3.90. The number of carbonyl (C=O) groups is 1. The zero-order valence-corrected chi connectivity index (χ0v) is 12.2. The maximum atomic E-state index is 12.3. The Morgan fingerprint density at radius 3 is 2.90 bits per heavy atom. The van der Waals surface area contributed by atoms with Gasteiger partial charge >= 0.3 is 0 Å². The summed E-state index contributed by atoms with van der Waals surface area (Å²) in [6.07, 6.45) is 4.09. The fourth-order valence-electron chi connectivity index (χ4n) is 2.84. The van der Waals surface area contributed by atoms with Crippen LogP contribution < -0.4 is 15.4 Å². The molecule has 2 N–H and O–H groups in total. The molecular weight excluding hydrogens is 276 g/mol. The molecule has 0 radical (unpaired) electrons. The van der Waals surface area contributed by atoms with Crippen LogP contribution in [0, 0.1) is 0 Å². The van der Waals surface area contributed by atoms with Gasteiger partial charge in [0.1, 0.15) is 5.75 Å². The molecule has 1 aromatic carbocycles. The van der Waals surface area contributed by atoms with Crippen LogP contribution in [-0.2, 0) is 4.79 Å². The first kappa shape index (κ1) is 15.1. The summed E-state index contributed by atoms with van der Waals surface area (Å²) in [7, 11) is 0. The second kappa shape index (κ2) is 6.95. The van der Waals surface area contributed by atoms with E-state index in [2.05, 4.69) is 10.6 Å². The molecule has 1 aromatic rings. The van der Waals surface area contributed by atoms with Crippen molar-refractivity contribution < 1.29 is 9.53 Å². The lowest BCUT2D eigenvalue weighted by Gasteiger charge is -2.29. The fraction of sp³-hybridized carbons (Fsp3) is 0.533. The second-order valence-corrected chi connectivity index (χ2v) is 5.24. The third-order valence-electron chi connectivity index (χ3n) is 3.90. The lowest BCUT2D eigenvalue weighted by molar-refractivity contribution is -0.124. The van der Waals surface area contributed by atoms with Gasteiger partial charge in [-0.25, -0.2) is 0 Å². The highest BCUT2D eigenvalue weighted by molar-refractivity contribution is 5.85. The number of ether oxygens (including phenoxy) is 1. The highest BCUT2D eigenvalue weighted by Crippen LogP contribution is 2.31. The number of rotatable bonds is 2. The zero-order valence-electron chi connectivity index (χ0n) is 11.4. The minimum Gasteiger partial charge on any atom is -0.493 e. The summed E-state index contributed by atoms with van der Waals surface area (Å²) >= 11 is 0. The standard InChI is InChI=1S/C15H20N2O2.ClH/c18-15(13-6-3-4-9-16-13)17-12-8-10-19-14-7-2-1-5-11(12)14;/h1-2,5,7,12-13,16H,3-4,6,8-10H2,(H,17,18);1H/t12?,13-;/m0./s1. The van der Waals surface area contributed by atoms with Gasteiger partial charge in [0, 0.05) is 12.0 Å². The van der Waals surface area contributed by atoms with E-state index in [0.29, 0.717) is 6.61 Å². The van der Waals surface area contributed by atoms with Gasteiger partial charge in [-0.3, -0.25) is 4.79 Å². The summed E-state index contributed by atoms with van der Waals surface area (Å²) in [5.41, 5.74) is 1.10. The van der Waals surface area contributed by atoms with Crippen LogP contribution in [-0.4, -0.2) is 25.1 Å². The van der Waals surface area contributed by atoms with E-state index in [1.807, 2.05) is 24.3 Å². The minimum atomic E-state index is -0.0243. The quantitative estimate of drug-likeness (QED) is 0.879. The summed E-state index contributed by atoms with van der Waals surface area (Å²) in [5.74, 6) is 1.03. The minimum absolute atomic E-state index is 0. The van der Waals surface area contributed by atoms with E-state index >= 15 is 0 Å². The van der Waals surface area contributed by atoms with Crippen LogP contribution in [0.2, 0.25) is 0 Å². The Labute approximate surface area is 125 Å². The number of halogens is 1. The van der Waals surface area contributed by atoms with E-state index in [9.17, 15) is 4.79 Å². The van der Waals surface area contributed by atoms with Gasteiger partial charge in [-0.2, -0.15) is 0 Å². The van der Waals surface area contributed by atoms with Gasteiger partial charge in [-0.15, -0.1) is 12.4 Å². The Balaban J connectivity index is 0.00000147. The number of carbonyl (C=O) groups excluding carboxylic acids is 1. The maximum Gasteiger partial charge on any atom is 0.237 e. The van der Waals surface area contributed by atoms with Crippen molar-refractivity contribution in [1.29, 1.82) is 0 Å². The summed E-state index contributed by atoms with van der Waals surface area (Å²) in [6, 6.07) is 8.02. The lowest BCUT2D eigenvalue weighted by atomic mass is 9.99. The summed E-state index contributed by atoms with van der Waals surface area (Å²) in [5, 5.41) is 6.45. The van der Waals surface area contributed by atoms with Crippen molar-refractivity contribution in [2.45, 2.75) is 37.8 Å². The maximum absolute atomic E-state index is 12.3. The first-order valence-electron chi connectivity index (χ1n) is 7.10. The van der Waals surface area contributed by atoms with Crippen molar-refractivity contribution in [3.63, 3.8) is 0 Å². The summed E-state index contributed by atoms with van der Waals surface area (Å²) in [4.78, 5) is 12.3. The van der Waals surface area contributed by atoms with Crippen LogP contribution in [0.3, 0.4) is 0 Å². The van der Waals surface area contributed by atoms with Crippen LogP contribution in [0.25, 0.3) is 0 Å². The molecule has 0 saturated carbocycles. The molecule has 3 rings (SSSR count). The summed E-state index contributed by atoms with van der Waals surface area (Å²) in [6.45, 7) is 1.61. The third kappa shape index (κ3) is 3.25. The van der Waals surface area contributed by atoms with E-state index in [1.54, 1.807) is 0 Å². The van der Waals surface area contributed by atoms with Crippen LogP contribution >= 0.6 is 12.4 Å². The van der Waals surface area contributed by atoms with E-state index < -0.39 is 0 Å². The average molecular weight is 297 g/mol. The van der Waals surface area contributed by atoms with E-state index in [1.165, 1.54) is 6.42 Å². The predicted octanol–water partition coefficient (Wildman–Crippen LogP) is 2.19. The van der Waals surface area contributed by atoms with Crippen molar-refractivity contribution in [2.75, 3.05) is 13.2 Å². The van der Waals surface area contributed by atoms with Crippen molar-refractivity contribution in [2.24, 2.45) is 0 Å². The zero-order chi connectivity index (χ0) is 13.1. The molecule has 1 amide bonds. The largest absolute Gasteiger partial charge is 0.493 e. The Kier molecular flexibility index (Phi) is 5.26. The molecule has 0 spiro atoms. The second-order valence-electron chi connectivity index (χ2n) is 5.24. The normalized spacial score (nSPS) is 24.8. The Morgan fingerprint density at radius 1 is 1.25 bits per heavy atom. The smallest absolute Gasteiger partial charge is 0.237 e. The molecule has 20 heavy (non-hydrogen) atoms. The highest BCUT2D eigenvalue weighted by Gasteiger charge is 2.26. The van der Waals surface area contributed by atoms with Gasteiger partial charge in [0.2, 0.25) is 5.91 Å². The number of fused-ring (bicyclic) bond motifs is 1. The number of hydrogen-bond acceptors (Lipinski definition) is 3. The molecule has 2 atom stereocenters. The van der Waals surface area contributed by atoms with Gasteiger partial charge in [0.25, 0.3) is 0 Å². The number of piperidine rings is 1. The average Bonchev–Trinajstić information content (AvgIpc) is 2.48. The topological polar surface area (TPSA) is 50.4 Å². The number of nitrogens with one attached hydrogen (secondary N) is 2. The van der Waals surface area contributed by atoms with E-state index in [0.717, 1.165) is 37.1 Å². The molecule has 5 heteroatoms.